The van der Waals surface area contributed by atoms with Crippen molar-refractivity contribution < 1.29 is 4.52 Å². The van der Waals surface area contributed by atoms with Gasteiger partial charge in [0.25, 0.3) is 0 Å². The van der Waals surface area contributed by atoms with Gasteiger partial charge in [0.05, 0.1) is 5.54 Å². The van der Waals surface area contributed by atoms with Gasteiger partial charge in [-0.15, -0.1) is 0 Å². The summed E-state index contributed by atoms with van der Waals surface area (Å²) in [7, 11) is 0. The van der Waals surface area contributed by atoms with Crippen LogP contribution in [0.1, 0.15) is 71.0 Å². The average Bonchev–Trinajstić information content (AvgIpc) is 2.79. The van der Waals surface area contributed by atoms with Crippen LogP contribution < -0.4 is 5.73 Å². The molecule has 0 spiro atoms. The number of hydrogen-bond acceptors (Lipinski definition) is 4. The van der Waals surface area contributed by atoms with Crippen molar-refractivity contribution in [2.75, 3.05) is 0 Å². The van der Waals surface area contributed by atoms with E-state index in [1.165, 1.54) is 6.42 Å². The van der Waals surface area contributed by atoms with E-state index < -0.39 is 0 Å². The van der Waals surface area contributed by atoms with Crippen LogP contribution in [0.4, 0.5) is 0 Å². The van der Waals surface area contributed by atoms with Gasteiger partial charge in [-0.3, -0.25) is 0 Å². The van der Waals surface area contributed by atoms with Crippen molar-refractivity contribution in [1.29, 1.82) is 0 Å². The zero-order valence-electron chi connectivity index (χ0n) is 11.9. The molecule has 1 aliphatic rings. The maximum atomic E-state index is 6.54. The predicted molar refractivity (Wildman–Crippen MR) is 71.0 cm³/mol. The van der Waals surface area contributed by atoms with Crippen LogP contribution in [0.5, 0.6) is 0 Å². The van der Waals surface area contributed by atoms with Crippen molar-refractivity contribution in [1.82, 2.24) is 10.1 Å². The Morgan fingerprint density at radius 2 is 2.06 bits per heavy atom. The fraction of sp³-hybridized carbons (Fsp3) is 0.857. The fourth-order valence-electron chi connectivity index (χ4n) is 2.80. The molecule has 0 aromatic carbocycles. The molecule has 2 N–H and O–H groups in total. The third kappa shape index (κ3) is 2.58. The number of nitrogens with two attached hydrogens (primary N) is 1. The third-order valence-electron chi connectivity index (χ3n) is 4.15. The summed E-state index contributed by atoms with van der Waals surface area (Å²) in [5.74, 6) is 3.01. The molecule has 0 aliphatic heterocycles. The van der Waals surface area contributed by atoms with Gasteiger partial charge in [-0.1, -0.05) is 45.7 Å². The van der Waals surface area contributed by atoms with E-state index in [4.69, 9.17) is 10.3 Å². The maximum Gasteiger partial charge on any atom is 0.229 e. The number of aromatic nitrogens is 2. The van der Waals surface area contributed by atoms with Gasteiger partial charge in [-0.25, -0.2) is 0 Å². The van der Waals surface area contributed by atoms with E-state index in [1.807, 2.05) is 0 Å². The molecule has 1 fully saturated rings. The highest BCUT2D eigenvalue weighted by Crippen LogP contribution is 2.39. The maximum absolute atomic E-state index is 6.54. The molecule has 2 rings (SSSR count). The summed E-state index contributed by atoms with van der Waals surface area (Å²) in [4.78, 5) is 4.50. The van der Waals surface area contributed by atoms with E-state index in [0.29, 0.717) is 23.6 Å². The van der Waals surface area contributed by atoms with Crippen molar-refractivity contribution in [3.63, 3.8) is 0 Å². The molecular formula is C14H25N3O. The molecule has 18 heavy (non-hydrogen) atoms. The van der Waals surface area contributed by atoms with Crippen LogP contribution in [0.25, 0.3) is 0 Å². The van der Waals surface area contributed by atoms with Gasteiger partial charge in [0.15, 0.2) is 5.82 Å². The summed E-state index contributed by atoms with van der Waals surface area (Å²) >= 11 is 0. The van der Waals surface area contributed by atoms with Crippen molar-refractivity contribution >= 4 is 0 Å². The molecule has 4 nitrogen and oxygen atoms in total. The van der Waals surface area contributed by atoms with E-state index in [9.17, 15) is 0 Å². The van der Waals surface area contributed by atoms with E-state index in [2.05, 4.69) is 37.8 Å². The number of nitrogens with zero attached hydrogens (tertiary/aromatic N) is 2. The predicted octanol–water partition coefficient (Wildman–Crippen LogP) is 3.19. The van der Waals surface area contributed by atoms with Crippen LogP contribution >= 0.6 is 0 Å². The topological polar surface area (TPSA) is 64.9 Å². The second-order valence-corrected chi connectivity index (χ2v) is 6.37. The zero-order chi connectivity index (χ0) is 13.3. The molecule has 1 aliphatic carbocycles. The highest BCUT2D eigenvalue weighted by atomic mass is 16.5. The Kier molecular flexibility index (Phi) is 3.76. The molecule has 4 heteroatoms. The summed E-state index contributed by atoms with van der Waals surface area (Å²) in [6.45, 7) is 8.65. The second-order valence-electron chi connectivity index (χ2n) is 6.37. The van der Waals surface area contributed by atoms with E-state index in [1.54, 1.807) is 0 Å². The van der Waals surface area contributed by atoms with Crippen LogP contribution in [0.3, 0.4) is 0 Å². The molecule has 102 valence electrons. The van der Waals surface area contributed by atoms with Gasteiger partial charge in [-0.05, 0) is 24.7 Å². The van der Waals surface area contributed by atoms with Crippen molar-refractivity contribution in [3.8, 4) is 0 Å². The molecule has 1 saturated carbocycles. The highest BCUT2D eigenvalue weighted by molar-refractivity contribution is 5.07. The van der Waals surface area contributed by atoms with Crippen molar-refractivity contribution in [3.05, 3.63) is 11.7 Å². The molecule has 1 aromatic rings. The van der Waals surface area contributed by atoms with Crippen LogP contribution in [0.2, 0.25) is 0 Å². The lowest BCUT2D eigenvalue weighted by molar-refractivity contribution is 0.173. The zero-order valence-corrected chi connectivity index (χ0v) is 11.9. The van der Waals surface area contributed by atoms with Crippen LogP contribution in [-0.2, 0) is 5.54 Å². The smallest absolute Gasteiger partial charge is 0.229 e. The Balaban J connectivity index is 2.18. The summed E-state index contributed by atoms with van der Waals surface area (Å²) in [6.07, 6.45) is 4.37. The normalized spacial score (nSPS) is 29.2. The third-order valence-corrected chi connectivity index (χ3v) is 4.15. The molecule has 1 heterocycles. The summed E-state index contributed by atoms with van der Waals surface area (Å²) in [5, 5.41) is 4.12. The minimum atomic E-state index is -0.385. The van der Waals surface area contributed by atoms with E-state index in [-0.39, 0.29) is 11.5 Å². The van der Waals surface area contributed by atoms with Gasteiger partial charge in [-0.2, -0.15) is 4.98 Å². The molecular weight excluding hydrogens is 226 g/mol. The Labute approximate surface area is 109 Å². The quantitative estimate of drug-likeness (QED) is 0.896. The Bertz CT molecular complexity index is 399. The fourth-order valence-corrected chi connectivity index (χ4v) is 2.80. The van der Waals surface area contributed by atoms with Gasteiger partial charge < -0.3 is 10.3 Å². The second kappa shape index (κ2) is 5.00. The van der Waals surface area contributed by atoms with Gasteiger partial charge in [0, 0.05) is 5.92 Å². The van der Waals surface area contributed by atoms with Crippen molar-refractivity contribution in [2.24, 2.45) is 17.6 Å². The average molecular weight is 251 g/mol. The SMILES string of the molecule is CC(C)c1nc(C2(N)CCCC(C(C)C)C2)no1. The summed E-state index contributed by atoms with van der Waals surface area (Å²) in [6, 6.07) is 0. The molecule has 0 bridgehead atoms. The molecule has 1 aromatic heterocycles. The Hall–Kier alpha value is -0.900. The first-order chi connectivity index (χ1) is 8.42. The molecule has 0 saturated heterocycles. The minimum absolute atomic E-state index is 0.263. The first kappa shape index (κ1) is 13.5. The summed E-state index contributed by atoms with van der Waals surface area (Å²) < 4.78 is 5.30. The Morgan fingerprint density at radius 3 is 2.61 bits per heavy atom. The molecule has 0 amide bonds. The van der Waals surface area contributed by atoms with Gasteiger partial charge in [0.2, 0.25) is 5.89 Å². The number of rotatable bonds is 3. The lowest BCUT2D eigenvalue weighted by Gasteiger charge is -2.37. The van der Waals surface area contributed by atoms with Gasteiger partial charge >= 0.3 is 0 Å². The van der Waals surface area contributed by atoms with Crippen molar-refractivity contribution in [2.45, 2.75) is 64.8 Å². The Morgan fingerprint density at radius 1 is 1.33 bits per heavy atom. The molecule has 0 radical (unpaired) electrons. The monoisotopic (exact) mass is 251 g/mol. The van der Waals surface area contributed by atoms with Gasteiger partial charge in [0.1, 0.15) is 0 Å². The lowest BCUT2D eigenvalue weighted by Crippen LogP contribution is -2.43. The van der Waals surface area contributed by atoms with E-state index in [0.717, 1.165) is 19.3 Å². The highest BCUT2D eigenvalue weighted by Gasteiger charge is 2.39. The largest absolute Gasteiger partial charge is 0.339 e. The van der Waals surface area contributed by atoms with Crippen LogP contribution in [0.15, 0.2) is 4.52 Å². The first-order valence-corrected chi connectivity index (χ1v) is 7.05. The lowest BCUT2D eigenvalue weighted by atomic mass is 9.72. The molecule has 2 unspecified atom stereocenters. The molecule has 2 atom stereocenters. The first-order valence-electron chi connectivity index (χ1n) is 7.05. The number of hydrogen-bond donors (Lipinski definition) is 1. The minimum Gasteiger partial charge on any atom is -0.339 e. The van der Waals surface area contributed by atoms with Crippen LogP contribution in [-0.4, -0.2) is 10.1 Å². The van der Waals surface area contributed by atoms with Crippen LogP contribution in [0, 0.1) is 11.8 Å². The standard InChI is InChI=1S/C14H25N3O/c1-9(2)11-6-5-7-14(15,8-11)13-16-12(10(3)4)18-17-13/h9-11H,5-8,15H2,1-4H3. The van der Waals surface area contributed by atoms with E-state index >= 15 is 0 Å². The summed E-state index contributed by atoms with van der Waals surface area (Å²) in [5.41, 5.74) is 6.15.